The third-order valence-corrected chi connectivity index (χ3v) is 6.11. The Morgan fingerprint density at radius 1 is 1.11 bits per heavy atom. The summed E-state index contributed by atoms with van der Waals surface area (Å²) >= 11 is 0. The average molecular weight is 381 g/mol. The molecule has 2 aliphatic rings. The predicted octanol–water partition coefficient (Wildman–Crippen LogP) is 4.34. The number of carbonyl (C=O) groups excluding carboxylic acids is 1. The van der Waals surface area contributed by atoms with Crippen molar-refractivity contribution in [1.29, 1.82) is 0 Å². The number of piperazine rings is 1. The average Bonchev–Trinajstić information content (AvgIpc) is 3.50. The number of carbonyl (C=O) groups is 1. The summed E-state index contributed by atoms with van der Waals surface area (Å²) in [4.78, 5) is 17.2. The van der Waals surface area contributed by atoms with Gasteiger partial charge in [-0.25, -0.2) is 4.39 Å². The molecule has 1 amide bonds. The number of halogens is 1. The summed E-state index contributed by atoms with van der Waals surface area (Å²) in [6.45, 7) is 6.22. The SMILES string of the molecule is CC[C@H]1C[C@H]1c1ccc(NC(=O)c2ccc(N3CCN(C)CC3)cc2)c(F)c1. The first-order chi connectivity index (χ1) is 13.5. The molecule has 0 spiro atoms. The van der Waals surface area contributed by atoms with E-state index in [1.54, 1.807) is 12.1 Å². The van der Waals surface area contributed by atoms with Crippen LogP contribution in [-0.4, -0.2) is 44.0 Å². The number of hydrogen-bond acceptors (Lipinski definition) is 3. The summed E-state index contributed by atoms with van der Waals surface area (Å²) in [5, 5.41) is 2.71. The summed E-state index contributed by atoms with van der Waals surface area (Å²) in [7, 11) is 2.13. The van der Waals surface area contributed by atoms with Crippen LogP contribution in [0.2, 0.25) is 0 Å². The van der Waals surface area contributed by atoms with Crippen molar-refractivity contribution in [3.63, 3.8) is 0 Å². The fraction of sp³-hybridized carbons (Fsp3) is 0.435. The number of anilines is 2. The molecule has 1 saturated carbocycles. The van der Waals surface area contributed by atoms with Crippen LogP contribution in [0.25, 0.3) is 0 Å². The van der Waals surface area contributed by atoms with Gasteiger partial charge in [-0.1, -0.05) is 19.4 Å². The van der Waals surface area contributed by atoms with Crippen molar-refractivity contribution >= 4 is 17.3 Å². The van der Waals surface area contributed by atoms with Crippen LogP contribution < -0.4 is 10.2 Å². The Morgan fingerprint density at radius 2 is 1.82 bits per heavy atom. The van der Waals surface area contributed by atoms with Crippen LogP contribution in [0.3, 0.4) is 0 Å². The topological polar surface area (TPSA) is 35.6 Å². The summed E-state index contributed by atoms with van der Waals surface area (Å²) in [5.74, 6) is 0.515. The molecule has 0 unspecified atom stereocenters. The molecule has 5 heteroatoms. The van der Waals surface area contributed by atoms with Gasteiger partial charge in [-0.05, 0) is 67.3 Å². The molecule has 1 aliphatic carbocycles. The first-order valence-corrected chi connectivity index (χ1v) is 10.2. The molecule has 1 heterocycles. The minimum absolute atomic E-state index is 0.241. The molecule has 1 saturated heterocycles. The Kier molecular flexibility index (Phi) is 5.36. The normalized spacial score (nSPS) is 22.2. The second-order valence-electron chi connectivity index (χ2n) is 8.04. The predicted molar refractivity (Wildman–Crippen MR) is 112 cm³/mol. The lowest BCUT2D eigenvalue weighted by molar-refractivity contribution is 0.102. The molecule has 1 aliphatic heterocycles. The van der Waals surface area contributed by atoms with E-state index in [-0.39, 0.29) is 17.4 Å². The zero-order valence-corrected chi connectivity index (χ0v) is 16.6. The monoisotopic (exact) mass is 381 g/mol. The molecule has 4 rings (SSSR count). The third-order valence-electron chi connectivity index (χ3n) is 6.11. The van der Waals surface area contributed by atoms with Crippen LogP contribution in [0.4, 0.5) is 15.8 Å². The quantitative estimate of drug-likeness (QED) is 0.837. The zero-order valence-electron chi connectivity index (χ0n) is 16.6. The number of benzene rings is 2. The van der Waals surface area contributed by atoms with E-state index in [2.05, 4.69) is 29.1 Å². The maximum Gasteiger partial charge on any atom is 0.255 e. The maximum atomic E-state index is 14.5. The van der Waals surface area contributed by atoms with E-state index in [1.165, 1.54) is 0 Å². The second kappa shape index (κ2) is 7.92. The van der Waals surface area contributed by atoms with Gasteiger partial charge in [-0.2, -0.15) is 0 Å². The van der Waals surface area contributed by atoms with Crippen LogP contribution in [0.15, 0.2) is 42.5 Å². The Bertz CT molecular complexity index is 843. The van der Waals surface area contributed by atoms with Crippen LogP contribution >= 0.6 is 0 Å². The molecule has 148 valence electrons. The van der Waals surface area contributed by atoms with E-state index in [0.717, 1.165) is 50.3 Å². The number of rotatable bonds is 5. The van der Waals surface area contributed by atoms with Gasteiger partial charge in [0.05, 0.1) is 5.69 Å². The lowest BCUT2D eigenvalue weighted by Gasteiger charge is -2.34. The largest absolute Gasteiger partial charge is 0.369 e. The van der Waals surface area contributed by atoms with Crippen LogP contribution in [0, 0.1) is 11.7 Å². The van der Waals surface area contributed by atoms with Gasteiger partial charge >= 0.3 is 0 Å². The van der Waals surface area contributed by atoms with Crippen molar-refractivity contribution in [1.82, 2.24) is 4.90 Å². The standard InChI is InChI=1S/C23H28FN3O/c1-3-16-14-20(16)18-6-9-22(21(24)15-18)25-23(28)17-4-7-19(8-5-17)27-12-10-26(2)11-13-27/h4-9,15-16,20H,3,10-14H2,1-2H3,(H,25,28)/t16-,20+/m0/s1. The highest BCUT2D eigenvalue weighted by Crippen LogP contribution is 2.49. The number of amides is 1. The van der Waals surface area contributed by atoms with Gasteiger partial charge in [0.1, 0.15) is 5.82 Å². The smallest absolute Gasteiger partial charge is 0.255 e. The first-order valence-electron chi connectivity index (χ1n) is 10.2. The van der Waals surface area contributed by atoms with Crippen molar-refractivity contribution in [2.75, 3.05) is 43.4 Å². The van der Waals surface area contributed by atoms with Gasteiger partial charge < -0.3 is 15.1 Å². The minimum atomic E-state index is -0.360. The van der Waals surface area contributed by atoms with E-state index in [9.17, 15) is 9.18 Å². The lowest BCUT2D eigenvalue weighted by atomic mass is 10.1. The van der Waals surface area contributed by atoms with Crippen LogP contribution in [0.5, 0.6) is 0 Å². The molecule has 28 heavy (non-hydrogen) atoms. The molecule has 2 atom stereocenters. The van der Waals surface area contributed by atoms with Gasteiger partial charge in [0.15, 0.2) is 0 Å². The van der Waals surface area contributed by atoms with Crippen molar-refractivity contribution in [3.05, 3.63) is 59.4 Å². The Hall–Kier alpha value is -2.40. The second-order valence-corrected chi connectivity index (χ2v) is 8.04. The molecule has 0 aromatic heterocycles. The highest BCUT2D eigenvalue weighted by atomic mass is 19.1. The van der Waals surface area contributed by atoms with Crippen LogP contribution in [-0.2, 0) is 0 Å². The minimum Gasteiger partial charge on any atom is -0.369 e. The first kappa shape index (κ1) is 18.9. The third kappa shape index (κ3) is 4.04. The van der Waals surface area contributed by atoms with Gasteiger partial charge in [-0.15, -0.1) is 0 Å². The fourth-order valence-electron chi connectivity index (χ4n) is 4.05. The molecule has 2 aromatic carbocycles. The summed E-state index contributed by atoms with van der Waals surface area (Å²) in [5.41, 5.74) is 2.94. The maximum absolute atomic E-state index is 14.5. The van der Waals surface area contributed by atoms with Gasteiger partial charge in [0.25, 0.3) is 5.91 Å². The number of likely N-dealkylation sites (N-methyl/N-ethyl adjacent to an activating group) is 1. The van der Waals surface area contributed by atoms with Gasteiger partial charge in [-0.3, -0.25) is 4.79 Å². The molecule has 2 fully saturated rings. The fourth-order valence-corrected chi connectivity index (χ4v) is 4.05. The van der Waals surface area contributed by atoms with E-state index >= 15 is 0 Å². The molecule has 1 N–H and O–H groups in total. The Labute approximate surface area is 166 Å². The van der Waals surface area contributed by atoms with Crippen molar-refractivity contribution < 1.29 is 9.18 Å². The van der Waals surface area contributed by atoms with E-state index in [0.29, 0.717) is 17.4 Å². The number of hydrogen-bond donors (Lipinski definition) is 1. The van der Waals surface area contributed by atoms with Gasteiger partial charge in [0.2, 0.25) is 0 Å². The molecule has 4 nitrogen and oxygen atoms in total. The van der Waals surface area contributed by atoms with Crippen molar-refractivity contribution in [2.45, 2.75) is 25.7 Å². The summed E-state index contributed by atoms with van der Waals surface area (Å²) < 4.78 is 14.5. The van der Waals surface area contributed by atoms with E-state index in [4.69, 9.17) is 0 Å². The van der Waals surface area contributed by atoms with Crippen LogP contribution in [0.1, 0.15) is 41.6 Å². The highest BCUT2D eigenvalue weighted by Gasteiger charge is 2.36. The number of nitrogens with zero attached hydrogens (tertiary/aromatic N) is 2. The molecule has 0 bridgehead atoms. The zero-order chi connectivity index (χ0) is 19.7. The molecule has 0 radical (unpaired) electrons. The molecule has 2 aromatic rings. The van der Waals surface area contributed by atoms with Crippen molar-refractivity contribution in [3.8, 4) is 0 Å². The van der Waals surface area contributed by atoms with Gasteiger partial charge in [0, 0.05) is 37.4 Å². The summed E-state index contributed by atoms with van der Waals surface area (Å²) in [6.07, 6.45) is 2.27. The Balaban J connectivity index is 1.39. The lowest BCUT2D eigenvalue weighted by Crippen LogP contribution is -2.44. The molecular weight excluding hydrogens is 353 g/mol. The molecular formula is C23H28FN3O. The highest BCUT2D eigenvalue weighted by molar-refractivity contribution is 6.04. The number of nitrogens with one attached hydrogen (secondary N) is 1. The Morgan fingerprint density at radius 3 is 2.43 bits per heavy atom. The van der Waals surface area contributed by atoms with E-state index < -0.39 is 0 Å². The van der Waals surface area contributed by atoms with Crippen molar-refractivity contribution in [2.24, 2.45) is 5.92 Å². The van der Waals surface area contributed by atoms with E-state index in [1.807, 2.05) is 30.3 Å². The summed E-state index contributed by atoms with van der Waals surface area (Å²) in [6, 6.07) is 12.8.